The zero-order valence-corrected chi connectivity index (χ0v) is 16.6. The predicted molar refractivity (Wildman–Crippen MR) is 110 cm³/mol. The van der Waals surface area contributed by atoms with E-state index in [9.17, 15) is 9.59 Å². The Morgan fingerprint density at radius 3 is 1.93 bits per heavy atom. The fraction of sp³-hybridized carbons (Fsp3) is 0.333. The molecule has 0 atom stereocenters. The third-order valence-corrected chi connectivity index (χ3v) is 5.62. The van der Waals surface area contributed by atoms with Crippen molar-refractivity contribution in [3.05, 3.63) is 76.5 Å². The van der Waals surface area contributed by atoms with Crippen LogP contribution in [-0.2, 0) is 16.1 Å². The normalized spacial score (nSPS) is 17.6. The summed E-state index contributed by atoms with van der Waals surface area (Å²) in [5.41, 5.74) is 5.23. The number of hydrogen-bond donors (Lipinski definition) is 0. The highest BCUT2D eigenvalue weighted by Crippen LogP contribution is 2.34. The number of hydrogen-bond acceptors (Lipinski definition) is 3. The average Bonchev–Trinajstić information content (AvgIpc) is 2.95. The van der Waals surface area contributed by atoms with Gasteiger partial charge in [0.1, 0.15) is 5.70 Å². The van der Waals surface area contributed by atoms with Crippen molar-refractivity contribution >= 4 is 17.4 Å². The lowest BCUT2D eigenvalue weighted by Crippen LogP contribution is -2.36. The molecule has 2 aromatic carbocycles. The molecule has 4 nitrogen and oxygen atoms in total. The van der Waals surface area contributed by atoms with Gasteiger partial charge in [-0.1, -0.05) is 59.7 Å². The van der Waals surface area contributed by atoms with Crippen LogP contribution in [-0.4, -0.2) is 34.7 Å². The molecule has 144 valence electrons. The molecule has 0 saturated carbocycles. The van der Waals surface area contributed by atoms with Crippen molar-refractivity contribution in [2.45, 2.75) is 39.7 Å². The molecule has 0 spiro atoms. The highest BCUT2D eigenvalue weighted by atomic mass is 16.2. The van der Waals surface area contributed by atoms with Gasteiger partial charge in [0.15, 0.2) is 0 Å². The molecule has 2 amide bonds. The Balaban J connectivity index is 1.72. The number of piperidine rings is 1. The maximum absolute atomic E-state index is 13.3. The van der Waals surface area contributed by atoms with E-state index in [2.05, 4.69) is 4.90 Å². The fourth-order valence-corrected chi connectivity index (χ4v) is 3.97. The minimum Gasteiger partial charge on any atom is -0.366 e. The monoisotopic (exact) mass is 374 g/mol. The van der Waals surface area contributed by atoms with Crippen LogP contribution in [0.5, 0.6) is 0 Å². The minimum absolute atomic E-state index is 0.164. The Morgan fingerprint density at radius 1 is 0.750 bits per heavy atom. The van der Waals surface area contributed by atoms with E-state index in [4.69, 9.17) is 0 Å². The second-order valence-electron chi connectivity index (χ2n) is 7.82. The Morgan fingerprint density at radius 2 is 1.32 bits per heavy atom. The van der Waals surface area contributed by atoms with E-state index < -0.39 is 0 Å². The van der Waals surface area contributed by atoms with Crippen LogP contribution in [0.3, 0.4) is 0 Å². The maximum atomic E-state index is 13.3. The number of carbonyl (C=O) groups excluding carboxylic acids is 2. The van der Waals surface area contributed by atoms with Crippen LogP contribution >= 0.6 is 0 Å². The van der Waals surface area contributed by atoms with Crippen molar-refractivity contribution in [1.82, 2.24) is 9.80 Å². The van der Waals surface area contributed by atoms with E-state index >= 15 is 0 Å². The molecule has 4 rings (SSSR count). The lowest BCUT2D eigenvalue weighted by molar-refractivity contribution is -0.138. The van der Waals surface area contributed by atoms with E-state index in [0.717, 1.165) is 48.2 Å². The van der Waals surface area contributed by atoms with Gasteiger partial charge >= 0.3 is 0 Å². The van der Waals surface area contributed by atoms with Crippen LogP contribution in [0.4, 0.5) is 0 Å². The standard InChI is InChI=1S/C24H26N2O2/c1-17-6-10-19(11-7-17)16-26-23(27)21(20-12-8-18(2)9-13-20)22(24(26)28)25-14-4-3-5-15-25/h6-13H,3-5,14-16H2,1-2H3. The van der Waals surface area contributed by atoms with Crippen LogP contribution in [0.1, 0.15) is 41.5 Å². The number of likely N-dealkylation sites (tertiary alicyclic amines) is 1. The molecule has 0 radical (unpaired) electrons. The first-order chi connectivity index (χ1) is 13.5. The second kappa shape index (κ2) is 7.63. The molecule has 4 heteroatoms. The molecule has 0 unspecified atom stereocenters. The SMILES string of the molecule is Cc1ccc(CN2C(=O)C(c3ccc(C)cc3)=C(N3CCCCC3)C2=O)cc1. The molecule has 0 aromatic heterocycles. The van der Waals surface area contributed by atoms with Gasteiger partial charge in [-0.05, 0) is 44.2 Å². The van der Waals surface area contributed by atoms with E-state index in [0.29, 0.717) is 17.8 Å². The summed E-state index contributed by atoms with van der Waals surface area (Å²) in [6.45, 7) is 6.03. The number of aryl methyl sites for hydroxylation is 2. The summed E-state index contributed by atoms with van der Waals surface area (Å²) in [6.07, 6.45) is 3.30. The van der Waals surface area contributed by atoms with Crippen molar-refractivity contribution in [1.29, 1.82) is 0 Å². The van der Waals surface area contributed by atoms with Crippen LogP contribution in [0.15, 0.2) is 54.2 Å². The Hall–Kier alpha value is -2.88. The van der Waals surface area contributed by atoms with E-state index in [1.807, 2.05) is 62.4 Å². The first-order valence-corrected chi connectivity index (χ1v) is 10.0. The van der Waals surface area contributed by atoms with E-state index in [-0.39, 0.29) is 11.8 Å². The van der Waals surface area contributed by atoms with Crippen molar-refractivity contribution in [2.24, 2.45) is 0 Å². The van der Waals surface area contributed by atoms with Crippen molar-refractivity contribution in [3.63, 3.8) is 0 Å². The first-order valence-electron chi connectivity index (χ1n) is 10.0. The average molecular weight is 374 g/mol. The highest BCUT2D eigenvalue weighted by molar-refractivity contribution is 6.35. The Bertz CT molecular complexity index is 920. The largest absolute Gasteiger partial charge is 0.366 e. The minimum atomic E-state index is -0.185. The molecule has 0 N–H and O–H groups in total. The van der Waals surface area contributed by atoms with Crippen molar-refractivity contribution < 1.29 is 9.59 Å². The molecule has 28 heavy (non-hydrogen) atoms. The topological polar surface area (TPSA) is 40.6 Å². The summed E-state index contributed by atoms with van der Waals surface area (Å²) >= 11 is 0. The summed E-state index contributed by atoms with van der Waals surface area (Å²) in [7, 11) is 0. The van der Waals surface area contributed by atoms with Gasteiger partial charge in [0.2, 0.25) is 0 Å². The predicted octanol–water partition coefficient (Wildman–Crippen LogP) is 4.07. The summed E-state index contributed by atoms with van der Waals surface area (Å²) in [5, 5.41) is 0. The highest BCUT2D eigenvalue weighted by Gasteiger charge is 2.41. The van der Waals surface area contributed by atoms with Gasteiger partial charge in [-0.25, -0.2) is 0 Å². The molecular formula is C24H26N2O2. The van der Waals surface area contributed by atoms with Crippen LogP contribution in [0.25, 0.3) is 5.57 Å². The van der Waals surface area contributed by atoms with Crippen LogP contribution < -0.4 is 0 Å². The molecular weight excluding hydrogens is 348 g/mol. The fourth-order valence-electron chi connectivity index (χ4n) is 3.97. The summed E-state index contributed by atoms with van der Waals surface area (Å²) in [5.74, 6) is -0.349. The van der Waals surface area contributed by atoms with Gasteiger partial charge in [-0.2, -0.15) is 0 Å². The molecule has 2 heterocycles. The maximum Gasteiger partial charge on any atom is 0.278 e. The molecule has 2 aromatic rings. The molecule has 1 fully saturated rings. The quantitative estimate of drug-likeness (QED) is 0.758. The summed E-state index contributed by atoms with van der Waals surface area (Å²) in [6, 6.07) is 15.9. The van der Waals surface area contributed by atoms with E-state index in [1.54, 1.807) is 0 Å². The number of rotatable bonds is 4. The van der Waals surface area contributed by atoms with Crippen molar-refractivity contribution in [2.75, 3.05) is 13.1 Å². The Labute approximate surface area is 166 Å². The zero-order valence-electron chi connectivity index (χ0n) is 16.6. The molecule has 0 bridgehead atoms. The smallest absolute Gasteiger partial charge is 0.278 e. The number of amides is 2. The summed E-state index contributed by atoms with van der Waals surface area (Å²) in [4.78, 5) is 30.2. The number of benzene rings is 2. The lowest BCUT2D eigenvalue weighted by atomic mass is 10.0. The molecule has 0 aliphatic carbocycles. The van der Waals surface area contributed by atoms with E-state index in [1.165, 1.54) is 11.3 Å². The number of imide groups is 1. The number of carbonyl (C=O) groups is 2. The molecule has 2 aliphatic heterocycles. The molecule has 2 aliphatic rings. The Kier molecular flexibility index (Phi) is 5.03. The molecule has 1 saturated heterocycles. The van der Waals surface area contributed by atoms with Crippen LogP contribution in [0.2, 0.25) is 0 Å². The summed E-state index contributed by atoms with van der Waals surface area (Å²) < 4.78 is 0. The van der Waals surface area contributed by atoms with Gasteiger partial charge in [0.25, 0.3) is 11.8 Å². The van der Waals surface area contributed by atoms with Gasteiger partial charge in [-0.3, -0.25) is 14.5 Å². The van der Waals surface area contributed by atoms with Gasteiger partial charge < -0.3 is 4.90 Å². The van der Waals surface area contributed by atoms with Crippen LogP contribution in [0, 0.1) is 13.8 Å². The zero-order chi connectivity index (χ0) is 19.7. The first kappa shape index (κ1) is 18.5. The third-order valence-electron chi connectivity index (χ3n) is 5.62. The van der Waals surface area contributed by atoms with Gasteiger partial charge in [-0.15, -0.1) is 0 Å². The third kappa shape index (κ3) is 3.47. The van der Waals surface area contributed by atoms with Crippen molar-refractivity contribution in [3.8, 4) is 0 Å². The second-order valence-corrected chi connectivity index (χ2v) is 7.82. The lowest BCUT2D eigenvalue weighted by Gasteiger charge is -2.29. The number of nitrogens with zero attached hydrogens (tertiary/aromatic N) is 2. The van der Waals surface area contributed by atoms with Gasteiger partial charge in [0.05, 0.1) is 12.1 Å². The van der Waals surface area contributed by atoms with Gasteiger partial charge in [0, 0.05) is 13.1 Å².